The van der Waals surface area contributed by atoms with E-state index >= 15 is 0 Å². The molecule has 1 aliphatic rings. The summed E-state index contributed by atoms with van der Waals surface area (Å²) in [6, 6.07) is 12.0. The highest BCUT2D eigenvalue weighted by molar-refractivity contribution is 5.86. The lowest BCUT2D eigenvalue weighted by Crippen LogP contribution is -2.22. The fourth-order valence-corrected chi connectivity index (χ4v) is 3.12. The second-order valence-electron chi connectivity index (χ2n) is 5.66. The van der Waals surface area contributed by atoms with Gasteiger partial charge in [0.05, 0.1) is 20.8 Å². The van der Waals surface area contributed by atoms with Crippen molar-refractivity contribution in [2.75, 3.05) is 20.8 Å². The predicted molar refractivity (Wildman–Crippen MR) is 85.4 cm³/mol. The van der Waals surface area contributed by atoms with Crippen molar-refractivity contribution in [2.45, 2.75) is 25.4 Å². The molecule has 1 aromatic carbocycles. The molecule has 5 nitrogen and oxygen atoms in total. The minimum atomic E-state index is -0.443. The normalized spacial score (nSPS) is 18.1. The first kappa shape index (κ1) is 15.6. The second kappa shape index (κ2) is 6.87. The molecule has 3 rings (SSSR count). The van der Waals surface area contributed by atoms with Crippen molar-refractivity contribution >= 4 is 5.97 Å². The molecule has 23 heavy (non-hydrogen) atoms. The van der Waals surface area contributed by atoms with Crippen molar-refractivity contribution in [2.24, 2.45) is 0 Å². The zero-order valence-electron chi connectivity index (χ0n) is 13.5. The van der Waals surface area contributed by atoms with Gasteiger partial charge >= 0.3 is 5.97 Å². The van der Waals surface area contributed by atoms with Crippen LogP contribution in [-0.2, 0) is 11.3 Å². The van der Waals surface area contributed by atoms with Gasteiger partial charge in [0, 0.05) is 6.04 Å². The molecular weight excluding hydrogens is 294 g/mol. The number of nitrogens with zero attached hydrogens (tertiary/aromatic N) is 1. The first-order valence-corrected chi connectivity index (χ1v) is 7.76. The van der Waals surface area contributed by atoms with E-state index in [9.17, 15) is 4.79 Å². The molecule has 1 saturated heterocycles. The Morgan fingerprint density at radius 2 is 2.17 bits per heavy atom. The minimum absolute atomic E-state index is 0.250. The lowest BCUT2D eigenvalue weighted by molar-refractivity contribution is 0.0561. The summed E-state index contributed by atoms with van der Waals surface area (Å²) in [5.74, 6) is 1.46. The molecule has 5 heteroatoms. The molecule has 0 amide bonds. The Labute approximate surface area is 135 Å². The Hall–Kier alpha value is -2.27. The van der Waals surface area contributed by atoms with Crippen LogP contribution in [0.2, 0.25) is 0 Å². The van der Waals surface area contributed by atoms with Crippen molar-refractivity contribution in [1.29, 1.82) is 0 Å². The van der Waals surface area contributed by atoms with E-state index in [0.717, 1.165) is 30.9 Å². The highest BCUT2D eigenvalue weighted by Gasteiger charge is 2.27. The summed E-state index contributed by atoms with van der Waals surface area (Å²) in [7, 11) is 3.03. The fraction of sp³-hybridized carbons (Fsp3) is 0.389. The van der Waals surface area contributed by atoms with E-state index in [1.807, 2.05) is 18.2 Å². The van der Waals surface area contributed by atoms with Crippen molar-refractivity contribution in [3.63, 3.8) is 0 Å². The minimum Gasteiger partial charge on any atom is -0.497 e. The van der Waals surface area contributed by atoms with Gasteiger partial charge in [0.25, 0.3) is 0 Å². The molecule has 0 saturated carbocycles. The van der Waals surface area contributed by atoms with Crippen LogP contribution in [-0.4, -0.2) is 31.6 Å². The topological polar surface area (TPSA) is 51.9 Å². The Morgan fingerprint density at radius 1 is 1.30 bits per heavy atom. The maximum Gasteiger partial charge on any atom is 0.373 e. The maximum atomic E-state index is 11.5. The van der Waals surface area contributed by atoms with Gasteiger partial charge in [-0.05, 0) is 49.2 Å². The molecule has 0 spiro atoms. The number of carbonyl (C=O) groups excluding carboxylic acids is 1. The van der Waals surface area contributed by atoms with Crippen LogP contribution in [0.15, 0.2) is 40.8 Å². The fourth-order valence-electron chi connectivity index (χ4n) is 3.12. The third-order valence-corrected chi connectivity index (χ3v) is 4.25. The van der Waals surface area contributed by atoms with Crippen LogP contribution in [0.25, 0.3) is 0 Å². The Balaban J connectivity index is 1.74. The molecule has 0 N–H and O–H groups in total. The molecule has 0 radical (unpaired) electrons. The number of rotatable bonds is 5. The smallest absolute Gasteiger partial charge is 0.373 e. The zero-order valence-corrected chi connectivity index (χ0v) is 13.5. The largest absolute Gasteiger partial charge is 0.497 e. The number of likely N-dealkylation sites (tertiary alicyclic amines) is 1. The van der Waals surface area contributed by atoms with Crippen LogP contribution in [0.5, 0.6) is 5.75 Å². The summed E-state index contributed by atoms with van der Waals surface area (Å²) in [6.07, 6.45) is 2.25. The Bertz CT molecular complexity index is 679. The summed E-state index contributed by atoms with van der Waals surface area (Å²) >= 11 is 0. The number of esters is 1. The number of ether oxygens (including phenoxy) is 2. The quantitative estimate of drug-likeness (QED) is 0.791. The summed E-state index contributed by atoms with van der Waals surface area (Å²) in [5, 5.41) is 0. The third kappa shape index (κ3) is 3.40. The molecule has 1 unspecified atom stereocenters. The van der Waals surface area contributed by atoms with E-state index in [4.69, 9.17) is 9.15 Å². The number of hydrogen-bond acceptors (Lipinski definition) is 5. The van der Waals surface area contributed by atoms with Crippen LogP contribution in [0.3, 0.4) is 0 Å². The van der Waals surface area contributed by atoms with Crippen LogP contribution in [0, 0.1) is 0 Å². The number of benzene rings is 1. The van der Waals surface area contributed by atoms with E-state index < -0.39 is 5.97 Å². The molecule has 122 valence electrons. The molecule has 1 atom stereocenters. The van der Waals surface area contributed by atoms with E-state index in [2.05, 4.69) is 21.8 Å². The van der Waals surface area contributed by atoms with E-state index in [1.165, 1.54) is 12.7 Å². The SMILES string of the molecule is COC(=O)c1ccc(CN2CCCC2c2cccc(OC)c2)o1. The second-order valence-corrected chi connectivity index (χ2v) is 5.66. The van der Waals surface area contributed by atoms with E-state index in [0.29, 0.717) is 12.6 Å². The van der Waals surface area contributed by atoms with Crippen LogP contribution in [0.1, 0.15) is 40.8 Å². The first-order chi connectivity index (χ1) is 11.2. The van der Waals surface area contributed by atoms with Crippen molar-refractivity contribution in [1.82, 2.24) is 4.90 Å². The highest BCUT2D eigenvalue weighted by Crippen LogP contribution is 2.34. The average molecular weight is 315 g/mol. The summed E-state index contributed by atoms with van der Waals surface area (Å²) < 4.78 is 15.6. The van der Waals surface area contributed by atoms with Gasteiger partial charge in [0.15, 0.2) is 0 Å². The number of hydrogen-bond donors (Lipinski definition) is 0. The Morgan fingerprint density at radius 3 is 2.96 bits per heavy atom. The first-order valence-electron chi connectivity index (χ1n) is 7.76. The molecule has 1 aliphatic heterocycles. The Kier molecular flexibility index (Phi) is 4.67. The van der Waals surface area contributed by atoms with Gasteiger partial charge < -0.3 is 13.9 Å². The van der Waals surface area contributed by atoms with Gasteiger partial charge in [-0.1, -0.05) is 12.1 Å². The lowest BCUT2D eigenvalue weighted by atomic mass is 10.0. The summed E-state index contributed by atoms with van der Waals surface area (Å²) in [4.78, 5) is 13.8. The molecule has 2 aromatic rings. The van der Waals surface area contributed by atoms with Gasteiger partial charge in [-0.15, -0.1) is 0 Å². The maximum absolute atomic E-state index is 11.5. The predicted octanol–water partition coefficient (Wildman–Crippen LogP) is 3.41. The molecule has 1 fully saturated rings. The molecule has 1 aromatic heterocycles. The van der Waals surface area contributed by atoms with Crippen LogP contribution >= 0.6 is 0 Å². The van der Waals surface area contributed by atoms with Crippen LogP contribution < -0.4 is 4.74 Å². The molecule has 0 bridgehead atoms. The summed E-state index contributed by atoms with van der Waals surface area (Å²) in [5.41, 5.74) is 1.25. The number of furan rings is 1. The van der Waals surface area contributed by atoms with Gasteiger partial charge in [-0.3, -0.25) is 4.90 Å². The van der Waals surface area contributed by atoms with Gasteiger partial charge in [-0.25, -0.2) is 4.79 Å². The van der Waals surface area contributed by atoms with Gasteiger partial charge in [0.1, 0.15) is 11.5 Å². The zero-order chi connectivity index (χ0) is 16.2. The molecule has 0 aliphatic carbocycles. The van der Waals surface area contributed by atoms with Crippen molar-refractivity contribution in [3.8, 4) is 5.75 Å². The summed E-state index contributed by atoms with van der Waals surface area (Å²) in [6.45, 7) is 1.69. The van der Waals surface area contributed by atoms with Crippen molar-refractivity contribution in [3.05, 3.63) is 53.5 Å². The van der Waals surface area contributed by atoms with Crippen LogP contribution in [0.4, 0.5) is 0 Å². The molecular formula is C18H21NO4. The standard InChI is InChI=1S/C18H21NO4/c1-21-14-6-3-5-13(11-14)16-7-4-10-19(16)12-15-8-9-17(23-15)18(20)22-2/h3,5-6,8-9,11,16H,4,7,10,12H2,1-2H3. The average Bonchev–Trinajstić information content (AvgIpc) is 3.24. The molecule has 2 heterocycles. The lowest BCUT2D eigenvalue weighted by Gasteiger charge is -2.24. The monoisotopic (exact) mass is 315 g/mol. The van der Waals surface area contributed by atoms with E-state index in [-0.39, 0.29) is 5.76 Å². The van der Waals surface area contributed by atoms with Gasteiger partial charge in [0.2, 0.25) is 5.76 Å². The van der Waals surface area contributed by atoms with Crippen molar-refractivity contribution < 1.29 is 18.7 Å². The highest BCUT2D eigenvalue weighted by atomic mass is 16.5. The van der Waals surface area contributed by atoms with Gasteiger partial charge in [-0.2, -0.15) is 0 Å². The number of carbonyl (C=O) groups is 1. The van der Waals surface area contributed by atoms with E-state index in [1.54, 1.807) is 13.2 Å². The third-order valence-electron chi connectivity index (χ3n) is 4.25. The number of methoxy groups -OCH3 is 2.